The largest absolute Gasteiger partial charge is 0.337 e. The van der Waals surface area contributed by atoms with Gasteiger partial charge in [-0.1, -0.05) is 42.5 Å². The molecule has 0 aromatic heterocycles. The lowest BCUT2D eigenvalue weighted by Gasteiger charge is -2.02. The van der Waals surface area contributed by atoms with Crippen molar-refractivity contribution >= 4 is 0 Å². The summed E-state index contributed by atoms with van der Waals surface area (Å²) in [6.07, 6.45) is 0. The maximum atomic E-state index is 5.06. The van der Waals surface area contributed by atoms with Gasteiger partial charge in [0.05, 0.1) is 0 Å². The van der Waals surface area contributed by atoms with E-state index < -0.39 is 0 Å². The van der Waals surface area contributed by atoms with Crippen LogP contribution in [0.2, 0.25) is 0 Å². The molecule has 2 heteroatoms. The Labute approximate surface area is 88.0 Å². The molecule has 0 aliphatic carbocycles. The molecule has 15 heavy (non-hydrogen) atoms. The number of benzene rings is 2. The first-order valence-electron chi connectivity index (χ1n) is 4.91. The van der Waals surface area contributed by atoms with Crippen LogP contribution >= 0.6 is 0 Å². The monoisotopic (exact) mass is 198 g/mol. The summed E-state index contributed by atoms with van der Waals surface area (Å²) in [5.74, 6) is 0.830. The van der Waals surface area contributed by atoms with E-state index >= 15 is 0 Å². The molecule has 1 heterocycles. The Morgan fingerprint density at radius 2 is 1.73 bits per heavy atom. The van der Waals surface area contributed by atoms with Crippen molar-refractivity contribution in [2.24, 2.45) is 0 Å². The molecule has 74 valence electrons. The van der Waals surface area contributed by atoms with Crippen LogP contribution in [0.4, 0.5) is 0 Å². The molecule has 0 atom stereocenters. The van der Waals surface area contributed by atoms with Gasteiger partial charge >= 0.3 is 0 Å². The van der Waals surface area contributed by atoms with Gasteiger partial charge < -0.3 is 4.89 Å². The standard InChI is InChI=1S/C13H10O2/c1-2-4-10(5-3-1)11-6-7-12-9-14-15-13(12)8-11/h1-8H,9H2. The highest BCUT2D eigenvalue weighted by Gasteiger charge is 2.13. The van der Waals surface area contributed by atoms with Crippen molar-refractivity contribution in [1.82, 2.24) is 0 Å². The Kier molecular flexibility index (Phi) is 1.93. The van der Waals surface area contributed by atoms with Crippen molar-refractivity contribution in [1.29, 1.82) is 0 Å². The fourth-order valence-corrected chi connectivity index (χ4v) is 1.72. The third kappa shape index (κ3) is 1.49. The van der Waals surface area contributed by atoms with Gasteiger partial charge in [-0.05, 0) is 17.2 Å². The van der Waals surface area contributed by atoms with Crippen LogP contribution < -0.4 is 4.89 Å². The molecule has 0 radical (unpaired) electrons. The summed E-state index contributed by atoms with van der Waals surface area (Å²) in [4.78, 5) is 9.97. The van der Waals surface area contributed by atoms with Crippen molar-refractivity contribution in [2.75, 3.05) is 0 Å². The fourth-order valence-electron chi connectivity index (χ4n) is 1.72. The van der Waals surface area contributed by atoms with Gasteiger partial charge in [0.25, 0.3) is 0 Å². The average Bonchev–Trinajstić information content (AvgIpc) is 2.77. The zero-order valence-electron chi connectivity index (χ0n) is 8.14. The van der Waals surface area contributed by atoms with Gasteiger partial charge in [-0.3, -0.25) is 0 Å². The van der Waals surface area contributed by atoms with Crippen LogP contribution in [0.15, 0.2) is 48.5 Å². The maximum Gasteiger partial charge on any atom is 0.171 e. The molecule has 1 aliphatic rings. The SMILES string of the molecule is c1ccc(-c2ccc3c(c2)OOC3)cc1. The van der Waals surface area contributed by atoms with Gasteiger partial charge in [0.15, 0.2) is 5.75 Å². The first-order chi connectivity index (χ1) is 7.43. The summed E-state index contributed by atoms with van der Waals surface area (Å²) in [7, 11) is 0. The van der Waals surface area contributed by atoms with Gasteiger partial charge in [-0.2, -0.15) is 4.89 Å². The molecule has 1 aliphatic heterocycles. The molecule has 0 bridgehead atoms. The highest BCUT2D eigenvalue weighted by molar-refractivity contribution is 5.66. The molecular weight excluding hydrogens is 188 g/mol. The predicted octanol–water partition coefficient (Wildman–Crippen LogP) is 3.18. The van der Waals surface area contributed by atoms with Crippen LogP contribution in [-0.4, -0.2) is 0 Å². The molecule has 2 nitrogen and oxygen atoms in total. The van der Waals surface area contributed by atoms with Crippen LogP contribution in [0.3, 0.4) is 0 Å². The second-order valence-corrected chi connectivity index (χ2v) is 3.53. The molecule has 0 N–H and O–H groups in total. The summed E-state index contributed by atoms with van der Waals surface area (Å²) < 4.78 is 0. The molecular formula is C13H10O2. The Morgan fingerprint density at radius 3 is 2.60 bits per heavy atom. The lowest BCUT2D eigenvalue weighted by Crippen LogP contribution is -1.82. The van der Waals surface area contributed by atoms with E-state index in [2.05, 4.69) is 18.2 Å². The van der Waals surface area contributed by atoms with E-state index in [0.29, 0.717) is 6.61 Å². The minimum Gasteiger partial charge on any atom is -0.337 e. The molecule has 2 aromatic carbocycles. The van der Waals surface area contributed by atoms with Crippen LogP contribution in [0, 0.1) is 0 Å². The second-order valence-electron chi connectivity index (χ2n) is 3.53. The van der Waals surface area contributed by atoms with E-state index in [-0.39, 0.29) is 0 Å². The zero-order chi connectivity index (χ0) is 10.1. The van der Waals surface area contributed by atoms with E-state index in [1.165, 1.54) is 5.56 Å². The predicted molar refractivity (Wildman–Crippen MR) is 57.3 cm³/mol. The van der Waals surface area contributed by atoms with E-state index in [1.807, 2.05) is 30.3 Å². The number of hydrogen-bond acceptors (Lipinski definition) is 2. The lowest BCUT2D eigenvalue weighted by molar-refractivity contribution is -0.194. The van der Waals surface area contributed by atoms with E-state index in [4.69, 9.17) is 9.78 Å². The summed E-state index contributed by atoms with van der Waals surface area (Å²) in [6, 6.07) is 16.4. The van der Waals surface area contributed by atoms with Crippen molar-refractivity contribution in [2.45, 2.75) is 6.61 Å². The van der Waals surface area contributed by atoms with Gasteiger partial charge in [-0.25, -0.2) is 0 Å². The first kappa shape index (κ1) is 8.50. The average molecular weight is 198 g/mol. The Balaban J connectivity index is 2.07. The van der Waals surface area contributed by atoms with E-state index in [1.54, 1.807) is 0 Å². The third-order valence-electron chi connectivity index (χ3n) is 2.54. The number of hydrogen-bond donors (Lipinski definition) is 0. The molecule has 0 spiro atoms. The van der Waals surface area contributed by atoms with Gasteiger partial charge in [0.1, 0.15) is 6.61 Å². The van der Waals surface area contributed by atoms with Crippen molar-refractivity contribution in [3.8, 4) is 16.9 Å². The van der Waals surface area contributed by atoms with E-state index in [9.17, 15) is 0 Å². The highest BCUT2D eigenvalue weighted by atomic mass is 17.2. The Hall–Kier alpha value is -1.80. The quantitative estimate of drug-likeness (QED) is 0.655. The maximum absolute atomic E-state index is 5.06. The van der Waals surface area contributed by atoms with Crippen molar-refractivity contribution in [3.63, 3.8) is 0 Å². The van der Waals surface area contributed by atoms with Gasteiger partial charge in [-0.15, -0.1) is 0 Å². The van der Waals surface area contributed by atoms with Crippen LogP contribution in [0.5, 0.6) is 5.75 Å². The molecule has 0 saturated carbocycles. The number of rotatable bonds is 1. The molecule has 0 saturated heterocycles. The van der Waals surface area contributed by atoms with Crippen molar-refractivity contribution < 1.29 is 9.78 Å². The fraction of sp³-hybridized carbons (Fsp3) is 0.0769. The first-order valence-corrected chi connectivity index (χ1v) is 4.91. The molecule has 3 rings (SSSR count). The van der Waals surface area contributed by atoms with Gasteiger partial charge in [0, 0.05) is 5.56 Å². The summed E-state index contributed by atoms with van der Waals surface area (Å²) in [6.45, 7) is 0.546. The Bertz CT molecular complexity index is 477. The second kappa shape index (κ2) is 3.41. The number of fused-ring (bicyclic) bond motifs is 1. The van der Waals surface area contributed by atoms with E-state index in [0.717, 1.165) is 16.9 Å². The van der Waals surface area contributed by atoms with Crippen LogP contribution in [-0.2, 0) is 11.5 Å². The van der Waals surface area contributed by atoms with Gasteiger partial charge in [0.2, 0.25) is 0 Å². The smallest absolute Gasteiger partial charge is 0.171 e. The zero-order valence-corrected chi connectivity index (χ0v) is 8.14. The molecule has 2 aromatic rings. The summed E-state index contributed by atoms with van der Waals surface area (Å²) >= 11 is 0. The minimum atomic E-state index is 0.546. The Morgan fingerprint density at radius 1 is 0.867 bits per heavy atom. The van der Waals surface area contributed by atoms with Crippen LogP contribution in [0.1, 0.15) is 5.56 Å². The summed E-state index contributed by atoms with van der Waals surface area (Å²) in [5, 5.41) is 0. The molecule has 0 amide bonds. The molecule has 0 fully saturated rings. The van der Waals surface area contributed by atoms with Crippen LogP contribution in [0.25, 0.3) is 11.1 Å². The van der Waals surface area contributed by atoms with Crippen molar-refractivity contribution in [3.05, 3.63) is 54.1 Å². The normalized spacial score (nSPS) is 13.3. The molecule has 0 unspecified atom stereocenters. The lowest BCUT2D eigenvalue weighted by atomic mass is 10.0. The highest BCUT2D eigenvalue weighted by Crippen LogP contribution is 2.31. The third-order valence-corrected chi connectivity index (χ3v) is 2.54. The minimum absolute atomic E-state index is 0.546. The summed E-state index contributed by atoms with van der Waals surface area (Å²) in [5.41, 5.74) is 3.45. The topological polar surface area (TPSA) is 18.5 Å².